The van der Waals surface area contributed by atoms with Crippen LogP contribution in [0.25, 0.3) is 11.3 Å². The van der Waals surface area contributed by atoms with E-state index in [0.29, 0.717) is 27.6 Å². The average molecular weight is 480 g/mol. The van der Waals surface area contributed by atoms with Crippen molar-refractivity contribution in [3.05, 3.63) is 136 Å². The van der Waals surface area contributed by atoms with E-state index in [2.05, 4.69) is 0 Å². The Kier molecular flexibility index (Phi) is 6.21. The van der Waals surface area contributed by atoms with Gasteiger partial charge in [-0.25, -0.2) is 0 Å². The molecule has 0 radical (unpaired) electrons. The van der Waals surface area contributed by atoms with Crippen molar-refractivity contribution < 1.29 is 14.3 Å². The minimum Gasteiger partial charge on any atom is -0.464 e. The number of rotatable bonds is 5. The molecule has 0 N–H and O–H groups in total. The van der Waals surface area contributed by atoms with Gasteiger partial charge in [0.15, 0.2) is 5.78 Å². The summed E-state index contributed by atoms with van der Waals surface area (Å²) in [7, 11) is 0. The van der Waals surface area contributed by atoms with Gasteiger partial charge in [0.05, 0.1) is 5.57 Å². The molecule has 1 aliphatic rings. The molecule has 4 aromatic rings. The smallest absolute Gasteiger partial charge is 0.265 e. The number of anilines is 1. The first kappa shape index (κ1) is 22.6. The second-order valence-corrected chi connectivity index (χ2v) is 8.67. The monoisotopic (exact) mass is 479 g/mol. The maximum absolute atomic E-state index is 14.3. The average Bonchev–Trinajstić information content (AvgIpc) is 2.89. The maximum Gasteiger partial charge on any atom is 0.265 e. The van der Waals surface area contributed by atoms with E-state index in [1.54, 1.807) is 41.3 Å². The lowest BCUT2D eigenvalue weighted by Crippen LogP contribution is -2.40. The standard InChI is InChI=1S/C30H22ClNO3/c1-20(33)21-14-18-26(19-15-21)32-29(34)27(22-8-4-2-5-9-22)28(23-10-6-3-7-11-23)35-30(32)24-12-16-25(31)17-13-24/h2-19,30H,1H3. The zero-order valence-corrected chi connectivity index (χ0v) is 19.8. The summed E-state index contributed by atoms with van der Waals surface area (Å²) in [6, 6.07) is 33.4. The lowest BCUT2D eigenvalue weighted by molar-refractivity contribution is -0.116. The molecule has 1 amide bonds. The summed E-state index contributed by atoms with van der Waals surface area (Å²) in [5.74, 6) is 0.276. The Bertz CT molecular complexity index is 1400. The van der Waals surface area contributed by atoms with E-state index in [0.717, 1.165) is 16.7 Å². The number of carbonyl (C=O) groups excluding carboxylic acids is 2. The maximum atomic E-state index is 14.3. The van der Waals surface area contributed by atoms with Crippen molar-refractivity contribution in [3.63, 3.8) is 0 Å². The molecule has 0 saturated carbocycles. The van der Waals surface area contributed by atoms with Crippen LogP contribution in [-0.4, -0.2) is 11.7 Å². The van der Waals surface area contributed by atoms with Crippen LogP contribution in [0.15, 0.2) is 109 Å². The Balaban J connectivity index is 1.72. The van der Waals surface area contributed by atoms with Crippen LogP contribution < -0.4 is 4.90 Å². The van der Waals surface area contributed by atoms with Gasteiger partial charge in [0, 0.05) is 27.4 Å². The fourth-order valence-electron chi connectivity index (χ4n) is 4.16. The van der Waals surface area contributed by atoms with Gasteiger partial charge in [0.2, 0.25) is 6.23 Å². The molecule has 4 aromatic carbocycles. The molecule has 0 fully saturated rings. The van der Waals surface area contributed by atoms with Crippen LogP contribution in [-0.2, 0) is 9.53 Å². The number of halogens is 1. The largest absolute Gasteiger partial charge is 0.464 e. The highest BCUT2D eigenvalue weighted by Gasteiger charge is 2.39. The van der Waals surface area contributed by atoms with Gasteiger partial charge in [-0.15, -0.1) is 0 Å². The van der Waals surface area contributed by atoms with Crippen LogP contribution in [0.1, 0.15) is 40.2 Å². The van der Waals surface area contributed by atoms with E-state index < -0.39 is 6.23 Å². The summed E-state index contributed by atoms with van der Waals surface area (Å²) in [5, 5.41) is 0.594. The number of hydrogen-bond acceptors (Lipinski definition) is 3. The molecule has 0 saturated heterocycles. The molecule has 0 aromatic heterocycles. The Morgan fingerprint density at radius 2 is 1.34 bits per heavy atom. The summed E-state index contributed by atoms with van der Waals surface area (Å²) >= 11 is 6.14. The van der Waals surface area contributed by atoms with Gasteiger partial charge >= 0.3 is 0 Å². The Hall–Kier alpha value is -4.15. The second kappa shape index (κ2) is 9.61. The van der Waals surface area contributed by atoms with E-state index in [4.69, 9.17) is 16.3 Å². The Morgan fingerprint density at radius 1 is 0.771 bits per heavy atom. The zero-order chi connectivity index (χ0) is 24.4. The number of Topliss-reactive ketones (excluding diaryl/α,β-unsaturated/α-hetero) is 1. The van der Waals surface area contributed by atoms with E-state index in [-0.39, 0.29) is 11.7 Å². The minimum absolute atomic E-state index is 0.0387. The van der Waals surface area contributed by atoms with Crippen molar-refractivity contribution >= 4 is 40.3 Å². The number of carbonyl (C=O) groups is 2. The fraction of sp³-hybridized carbons (Fsp3) is 0.0667. The first-order valence-corrected chi connectivity index (χ1v) is 11.6. The van der Waals surface area contributed by atoms with E-state index in [9.17, 15) is 9.59 Å². The number of benzene rings is 4. The molecular weight excluding hydrogens is 458 g/mol. The van der Waals surface area contributed by atoms with Crippen molar-refractivity contribution in [2.45, 2.75) is 13.2 Å². The summed E-state index contributed by atoms with van der Waals surface area (Å²) in [4.78, 5) is 27.7. The first-order valence-electron chi connectivity index (χ1n) is 11.2. The number of nitrogens with zero attached hydrogens (tertiary/aromatic N) is 1. The van der Waals surface area contributed by atoms with Gasteiger partial charge in [-0.3, -0.25) is 14.5 Å². The minimum atomic E-state index is -0.731. The number of hydrogen-bond donors (Lipinski definition) is 0. The highest BCUT2D eigenvalue weighted by molar-refractivity contribution is 6.32. The van der Waals surface area contributed by atoms with Crippen LogP contribution in [0.4, 0.5) is 5.69 Å². The van der Waals surface area contributed by atoms with Crippen molar-refractivity contribution in [3.8, 4) is 0 Å². The van der Waals surface area contributed by atoms with Crippen LogP contribution >= 0.6 is 11.6 Å². The Morgan fingerprint density at radius 3 is 1.91 bits per heavy atom. The molecule has 1 atom stereocenters. The van der Waals surface area contributed by atoms with Crippen LogP contribution in [0.3, 0.4) is 0 Å². The van der Waals surface area contributed by atoms with Crippen molar-refractivity contribution in [2.75, 3.05) is 4.90 Å². The van der Waals surface area contributed by atoms with Gasteiger partial charge in [-0.2, -0.15) is 0 Å². The van der Waals surface area contributed by atoms with E-state index >= 15 is 0 Å². The van der Waals surface area contributed by atoms with Gasteiger partial charge < -0.3 is 4.74 Å². The third-order valence-electron chi connectivity index (χ3n) is 5.93. The lowest BCUT2D eigenvalue weighted by Gasteiger charge is -2.38. The molecule has 4 nitrogen and oxygen atoms in total. The molecule has 1 unspecified atom stereocenters. The molecule has 172 valence electrons. The predicted octanol–water partition coefficient (Wildman–Crippen LogP) is 7.17. The topological polar surface area (TPSA) is 46.6 Å². The van der Waals surface area contributed by atoms with Gasteiger partial charge in [-0.1, -0.05) is 84.4 Å². The Labute approximate surface area is 209 Å². The van der Waals surface area contributed by atoms with Crippen molar-refractivity contribution in [2.24, 2.45) is 0 Å². The van der Waals surface area contributed by atoms with Crippen LogP contribution in [0.2, 0.25) is 5.02 Å². The summed E-state index contributed by atoms with van der Waals surface area (Å²) < 4.78 is 6.66. The summed E-state index contributed by atoms with van der Waals surface area (Å²) in [5.41, 5.74) is 4.02. The molecule has 5 rings (SSSR count). The lowest BCUT2D eigenvalue weighted by atomic mass is 9.96. The summed E-state index contributed by atoms with van der Waals surface area (Å²) in [6.07, 6.45) is -0.731. The first-order chi connectivity index (χ1) is 17.0. The molecule has 1 aliphatic heterocycles. The highest BCUT2D eigenvalue weighted by atomic mass is 35.5. The highest BCUT2D eigenvalue weighted by Crippen LogP contribution is 2.43. The van der Waals surface area contributed by atoms with Gasteiger partial charge in [0.25, 0.3) is 5.91 Å². The molecular formula is C30H22ClNO3. The molecule has 0 spiro atoms. The second-order valence-electron chi connectivity index (χ2n) is 8.24. The zero-order valence-electron chi connectivity index (χ0n) is 19.0. The quantitative estimate of drug-likeness (QED) is 0.285. The molecule has 0 aliphatic carbocycles. The normalized spacial score (nSPS) is 15.7. The molecule has 35 heavy (non-hydrogen) atoms. The SMILES string of the molecule is CC(=O)c1ccc(N2C(=O)C(c3ccccc3)=C(c3ccccc3)OC2c2ccc(Cl)cc2)cc1. The number of ether oxygens (including phenoxy) is 1. The van der Waals surface area contributed by atoms with Crippen molar-refractivity contribution in [1.29, 1.82) is 0 Å². The van der Waals surface area contributed by atoms with E-state index in [1.807, 2.05) is 72.8 Å². The van der Waals surface area contributed by atoms with Gasteiger partial charge in [-0.05, 0) is 48.9 Å². The van der Waals surface area contributed by atoms with Crippen molar-refractivity contribution in [1.82, 2.24) is 0 Å². The van der Waals surface area contributed by atoms with Gasteiger partial charge in [0.1, 0.15) is 5.76 Å². The third kappa shape index (κ3) is 4.48. The van der Waals surface area contributed by atoms with Crippen LogP contribution in [0, 0.1) is 0 Å². The predicted molar refractivity (Wildman–Crippen MR) is 139 cm³/mol. The van der Waals surface area contributed by atoms with Crippen LogP contribution in [0.5, 0.6) is 0 Å². The molecule has 0 bridgehead atoms. The molecule has 5 heteroatoms. The summed E-state index contributed by atoms with van der Waals surface area (Å²) in [6.45, 7) is 1.52. The molecule has 1 heterocycles. The van der Waals surface area contributed by atoms with E-state index in [1.165, 1.54) is 6.92 Å². The fourth-order valence-corrected chi connectivity index (χ4v) is 4.29. The number of amides is 1. The number of ketones is 1. The third-order valence-corrected chi connectivity index (χ3v) is 6.18.